The van der Waals surface area contributed by atoms with Crippen molar-refractivity contribution in [2.24, 2.45) is 0 Å². The highest BCUT2D eigenvalue weighted by molar-refractivity contribution is 6.13. The number of ether oxygens (including phenoxy) is 3. The number of ketones is 1. The number of aryl methyl sites for hydroxylation is 1. The zero-order valence-electron chi connectivity index (χ0n) is 14.5. The minimum atomic E-state index is -0.509. The maximum absolute atomic E-state index is 12.4. The Morgan fingerprint density at radius 1 is 1.08 bits per heavy atom. The highest BCUT2D eigenvalue weighted by atomic mass is 16.5. The molecule has 25 heavy (non-hydrogen) atoms. The number of rotatable bonds is 3. The molecule has 0 amide bonds. The molecule has 0 fully saturated rings. The summed E-state index contributed by atoms with van der Waals surface area (Å²) < 4.78 is 16.2. The number of hydrogen-bond acceptors (Lipinski definition) is 5. The maximum atomic E-state index is 12.4. The number of Topliss-reactive ketones (excluding diaryl/α,β-unsaturated/α-hetero) is 1. The second-order valence-electron chi connectivity index (χ2n) is 6.00. The second-order valence-corrected chi connectivity index (χ2v) is 6.00. The number of fused-ring (bicyclic) bond motifs is 1. The van der Waals surface area contributed by atoms with Crippen LogP contribution >= 0.6 is 0 Å². The standard InChI is InChI=1S/C20H18O5/c1-11(2)19-18(21)17-12(3)8-15(10-16(17)25-19)24-20(22)13-6-5-7-14(9-13)23-4/h5-10H,1-4H3. The van der Waals surface area contributed by atoms with Crippen LogP contribution in [-0.2, 0) is 0 Å². The Bertz CT molecular complexity index is 904. The van der Waals surface area contributed by atoms with Gasteiger partial charge in [-0.1, -0.05) is 6.07 Å². The molecule has 128 valence electrons. The number of benzene rings is 2. The topological polar surface area (TPSA) is 61.8 Å². The fraction of sp³-hybridized carbons (Fsp3) is 0.200. The SMILES string of the molecule is COc1cccc(C(=O)Oc2cc(C)c3c(c2)OC(=C(C)C)C3=O)c1. The van der Waals surface area contributed by atoms with E-state index in [1.807, 2.05) is 13.8 Å². The minimum Gasteiger partial charge on any atom is -0.497 e. The molecule has 0 radical (unpaired) electrons. The van der Waals surface area contributed by atoms with Gasteiger partial charge < -0.3 is 14.2 Å². The number of esters is 1. The zero-order valence-corrected chi connectivity index (χ0v) is 14.5. The van der Waals surface area contributed by atoms with Crippen molar-refractivity contribution in [2.45, 2.75) is 20.8 Å². The van der Waals surface area contributed by atoms with E-state index in [1.165, 1.54) is 7.11 Å². The van der Waals surface area contributed by atoms with Crippen LogP contribution in [0.25, 0.3) is 0 Å². The average Bonchev–Trinajstić information content (AvgIpc) is 2.92. The summed E-state index contributed by atoms with van der Waals surface area (Å²) >= 11 is 0. The van der Waals surface area contributed by atoms with Gasteiger partial charge in [0.05, 0.1) is 18.2 Å². The molecule has 1 aliphatic rings. The van der Waals surface area contributed by atoms with E-state index in [-0.39, 0.29) is 5.78 Å². The van der Waals surface area contributed by atoms with Gasteiger partial charge in [0.15, 0.2) is 5.76 Å². The van der Waals surface area contributed by atoms with Gasteiger partial charge >= 0.3 is 5.97 Å². The third-order valence-electron chi connectivity index (χ3n) is 3.89. The lowest BCUT2D eigenvalue weighted by Gasteiger charge is -2.08. The molecule has 0 spiro atoms. The van der Waals surface area contributed by atoms with E-state index in [1.54, 1.807) is 43.3 Å². The molecule has 0 unspecified atom stereocenters. The average molecular weight is 338 g/mol. The van der Waals surface area contributed by atoms with Crippen molar-refractivity contribution in [2.75, 3.05) is 7.11 Å². The number of allylic oxidation sites excluding steroid dienone is 2. The first-order valence-electron chi connectivity index (χ1n) is 7.81. The smallest absolute Gasteiger partial charge is 0.343 e. The van der Waals surface area contributed by atoms with Crippen LogP contribution in [0.15, 0.2) is 47.7 Å². The van der Waals surface area contributed by atoms with Gasteiger partial charge in [-0.2, -0.15) is 0 Å². The van der Waals surface area contributed by atoms with Crippen molar-refractivity contribution in [3.05, 3.63) is 64.4 Å². The van der Waals surface area contributed by atoms with E-state index in [2.05, 4.69) is 0 Å². The molecule has 2 aromatic rings. The fourth-order valence-corrected chi connectivity index (χ4v) is 2.67. The van der Waals surface area contributed by atoms with Gasteiger partial charge in [0.2, 0.25) is 5.78 Å². The van der Waals surface area contributed by atoms with Crippen LogP contribution in [0.5, 0.6) is 17.2 Å². The van der Waals surface area contributed by atoms with Crippen molar-refractivity contribution in [3.63, 3.8) is 0 Å². The predicted octanol–water partition coefficient (Wildman–Crippen LogP) is 4.09. The zero-order chi connectivity index (χ0) is 18.1. The molecular weight excluding hydrogens is 320 g/mol. The second kappa shape index (κ2) is 6.43. The van der Waals surface area contributed by atoms with Crippen molar-refractivity contribution < 1.29 is 23.8 Å². The van der Waals surface area contributed by atoms with E-state index in [0.717, 1.165) is 5.57 Å². The number of methoxy groups -OCH3 is 1. The van der Waals surface area contributed by atoms with Crippen LogP contribution in [0.2, 0.25) is 0 Å². The van der Waals surface area contributed by atoms with Gasteiger partial charge in [0.25, 0.3) is 0 Å². The summed E-state index contributed by atoms with van der Waals surface area (Å²) in [5.41, 5.74) is 2.39. The first-order valence-corrected chi connectivity index (χ1v) is 7.81. The van der Waals surface area contributed by atoms with E-state index < -0.39 is 5.97 Å². The molecule has 0 atom stereocenters. The normalized spacial score (nSPS) is 12.5. The Labute approximate surface area is 145 Å². The van der Waals surface area contributed by atoms with Crippen LogP contribution in [0.4, 0.5) is 0 Å². The van der Waals surface area contributed by atoms with Crippen molar-refractivity contribution in [1.29, 1.82) is 0 Å². The Kier molecular flexibility index (Phi) is 4.31. The van der Waals surface area contributed by atoms with Gasteiger partial charge in [-0.3, -0.25) is 4.79 Å². The van der Waals surface area contributed by atoms with E-state index in [0.29, 0.717) is 39.7 Å². The first kappa shape index (κ1) is 16.8. The Hall–Kier alpha value is -3.08. The Morgan fingerprint density at radius 2 is 1.84 bits per heavy atom. The summed E-state index contributed by atoms with van der Waals surface area (Å²) in [7, 11) is 1.53. The van der Waals surface area contributed by atoms with Crippen LogP contribution in [0.1, 0.15) is 40.1 Å². The monoisotopic (exact) mass is 338 g/mol. The lowest BCUT2D eigenvalue weighted by atomic mass is 10.0. The fourth-order valence-electron chi connectivity index (χ4n) is 2.67. The third-order valence-corrected chi connectivity index (χ3v) is 3.89. The molecule has 0 N–H and O–H groups in total. The summed E-state index contributed by atoms with van der Waals surface area (Å²) in [4.78, 5) is 24.7. The summed E-state index contributed by atoms with van der Waals surface area (Å²) in [6.07, 6.45) is 0. The first-order chi connectivity index (χ1) is 11.9. The van der Waals surface area contributed by atoms with Crippen LogP contribution in [0, 0.1) is 6.92 Å². The molecular formula is C20H18O5. The third kappa shape index (κ3) is 3.13. The van der Waals surface area contributed by atoms with E-state index in [4.69, 9.17) is 14.2 Å². The summed E-state index contributed by atoms with van der Waals surface area (Å²) in [5, 5.41) is 0. The van der Waals surface area contributed by atoms with Crippen LogP contribution in [-0.4, -0.2) is 18.9 Å². The molecule has 1 heterocycles. The van der Waals surface area contributed by atoms with Gasteiger partial charge in [-0.05, 0) is 56.2 Å². The number of hydrogen-bond donors (Lipinski definition) is 0. The highest BCUT2D eigenvalue weighted by Crippen LogP contribution is 2.38. The van der Waals surface area contributed by atoms with Gasteiger partial charge in [-0.15, -0.1) is 0 Å². The molecule has 5 nitrogen and oxygen atoms in total. The van der Waals surface area contributed by atoms with E-state index >= 15 is 0 Å². The molecule has 5 heteroatoms. The molecule has 0 aromatic heterocycles. The lowest BCUT2D eigenvalue weighted by Crippen LogP contribution is -2.09. The van der Waals surface area contributed by atoms with Crippen LogP contribution in [0.3, 0.4) is 0 Å². The molecule has 3 rings (SSSR count). The van der Waals surface area contributed by atoms with Gasteiger partial charge in [0.1, 0.15) is 17.2 Å². The van der Waals surface area contributed by atoms with E-state index in [9.17, 15) is 9.59 Å². The Morgan fingerprint density at radius 3 is 2.52 bits per heavy atom. The van der Waals surface area contributed by atoms with Gasteiger partial charge in [-0.25, -0.2) is 4.79 Å². The molecule has 0 saturated carbocycles. The van der Waals surface area contributed by atoms with Crippen molar-refractivity contribution in [3.8, 4) is 17.2 Å². The minimum absolute atomic E-state index is 0.141. The maximum Gasteiger partial charge on any atom is 0.343 e. The van der Waals surface area contributed by atoms with Crippen molar-refractivity contribution >= 4 is 11.8 Å². The van der Waals surface area contributed by atoms with Crippen LogP contribution < -0.4 is 14.2 Å². The molecule has 2 aromatic carbocycles. The summed E-state index contributed by atoms with van der Waals surface area (Å²) in [6.45, 7) is 5.42. The Balaban J connectivity index is 1.90. The molecule has 0 saturated heterocycles. The molecule has 0 bridgehead atoms. The number of carbonyl (C=O) groups is 2. The highest BCUT2D eigenvalue weighted by Gasteiger charge is 2.31. The predicted molar refractivity (Wildman–Crippen MR) is 92.5 cm³/mol. The van der Waals surface area contributed by atoms with Gasteiger partial charge in [0, 0.05) is 6.07 Å². The largest absolute Gasteiger partial charge is 0.497 e. The number of carbonyl (C=O) groups excluding carboxylic acids is 2. The molecule has 0 aliphatic carbocycles. The molecule has 1 aliphatic heterocycles. The quantitative estimate of drug-likeness (QED) is 0.479. The lowest BCUT2D eigenvalue weighted by molar-refractivity contribution is 0.0734. The summed E-state index contributed by atoms with van der Waals surface area (Å²) in [6, 6.07) is 9.93. The van der Waals surface area contributed by atoms with Crippen molar-refractivity contribution in [1.82, 2.24) is 0 Å². The summed E-state index contributed by atoms with van der Waals surface area (Å²) in [5.74, 6) is 0.987.